The van der Waals surface area contributed by atoms with Gasteiger partial charge >= 0.3 is 5.97 Å². The van der Waals surface area contributed by atoms with Gasteiger partial charge in [0.05, 0.1) is 26.0 Å². The van der Waals surface area contributed by atoms with E-state index in [0.29, 0.717) is 22.6 Å². The minimum absolute atomic E-state index is 0.0380. The lowest BCUT2D eigenvalue weighted by Gasteiger charge is -2.12. The van der Waals surface area contributed by atoms with Crippen molar-refractivity contribution in [2.24, 2.45) is 5.10 Å². The van der Waals surface area contributed by atoms with Crippen LogP contribution in [0.3, 0.4) is 0 Å². The molecule has 0 spiro atoms. The van der Waals surface area contributed by atoms with E-state index in [1.54, 1.807) is 6.07 Å². The molecule has 0 saturated carbocycles. The Hall–Kier alpha value is -3.95. The number of hydrogen-bond donors (Lipinski definition) is 1. The fourth-order valence-corrected chi connectivity index (χ4v) is 2.61. The number of carbonyl (C=O) groups is 2. The molecule has 1 aromatic heterocycles. The van der Waals surface area contributed by atoms with Crippen LogP contribution in [0, 0.1) is 0 Å². The summed E-state index contributed by atoms with van der Waals surface area (Å²) < 4.78 is 17.1. The first kappa shape index (κ1) is 19.8. The number of hydrogen-bond acceptors (Lipinski definition) is 8. The minimum atomic E-state index is -0.486. The van der Waals surface area contributed by atoms with E-state index in [0.717, 1.165) is 5.52 Å². The lowest BCUT2D eigenvalue weighted by molar-refractivity contribution is -0.132. The fourth-order valence-electron chi connectivity index (χ4n) is 2.61. The SMILES string of the molecule is COc1cc(OC(C)=O)c(OC)cc1/C=N/NC(=O)Cn1nnc2ccccc21. The highest BCUT2D eigenvalue weighted by Crippen LogP contribution is 2.34. The van der Waals surface area contributed by atoms with Crippen molar-refractivity contribution in [3.8, 4) is 17.2 Å². The molecule has 10 heteroatoms. The Morgan fingerprint density at radius 1 is 1.14 bits per heavy atom. The van der Waals surface area contributed by atoms with Gasteiger partial charge in [0.2, 0.25) is 0 Å². The standard InChI is InChI=1S/C19H19N5O5/c1-12(25)29-18-9-16(27-2)13(8-17(18)28-3)10-20-22-19(26)11-24-15-7-5-4-6-14(15)21-23-24/h4-10H,11H2,1-3H3,(H,22,26)/b20-10+. The quantitative estimate of drug-likeness (QED) is 0.278. The molecule has 0 bridgehead atoms. The number of rotatable bonds is 7. The minimum Gasteiger partial charge on any atom is -0.496 e. The fraction of sp³-hybridized carbons (Fsp3) is 0.211. The van der Waals surface area contributed by atoms with Crippen LogP contribution in [0.15, 0.2) is 41.5 Å². The molecule has 1 N–H and O–H groups in total. The first-order chi connectivity index (χ1) is 14.0. The highest BCUT2D eigenvalue weighted by molar-refractivity contribution is 5.87. The van der Waals surface area contributed by atoms with E-state index in [-0.39, 0.29) is 18.2 Å². The van der Waals surface area contributed by atoms with E-state index >= 15 is 0 Å². The molecule has 0 aliphatic carbocycles. The van der Waals surface area contributed by atoms with Crippen molar-refractivity contribution in [2.45, 2.75) is 13.5 Å². The Balaban J connectivity index is 1.72. The molecule has 1 amide bonds. The number of esters is 1. The second-order valence-electron chi connectivity index (χ2n) is 5.87. The van der Waals surface area contributed by atoms with Crippen LogP contribution in [-0.4, -0.2) is 47.3 Å². The Labute approximate surface area is 166 Å². The van der Waals surface area contributed by atoms with Crippen LogP contribution in [0.4, 0.5) is 0 Å². The van der Waals surface area contributed by atoms with E-state index in [1.165, 1.54) is 38.1 Å². The van der Waals surface area contributed by atoms with Crippen LogP contribution < -0.4 is 19.6 Å². The maximum Gasteiger partial charge on any atom is 0.308 e. The van der Waals surface area contributed by atoms with Gasteiger partial charge in [-0.1, -0.05) is 17.3 Å². The van der Waals surface area contributed by atoms with Crippen LogP contribution in [0.1, 0.15) is 12.5 Å². The molecule has 0 atom stereocenters. The molecule has 0 fully saturated rings. The summed E-state index contributed by atoms with van der Waals surface area (Å²) in [5, 5.41) is 11.9. The summed E-state index contributed by atoms with van der Waals surface area (Å²) in [5.74, 6) is 0.0697. The molecule has 1 heterocycles. The van der Waals surface area contributed by atoms with Crippen LogP contribution in [0.2, 0.25) is 0 Å². The Morgan fingerprint density at radius 3 is 2.62 bits per heavy atom. The third-order valence-electron chi connectivity index (χ3n) is 3.88. The van der Waals surface area contributed by atoms with Crippen molar-refractivity contribution in [1.82, 2.24) is 20.4 Å². The van der Waals surface area contributed by atoms with Gasteiger partial charge < -0.3 is 14.2 Å². The lowest BCUT2D eigenvalue weighted by atomic mass is 10.2. The molecule has 0 aliphatic heterocycles. The van der Waals surface area contributed by atoms with E-state index in [1.807, 2.05) is 24.3 Å². The van der Waals surface area contributed by atoms with Crippen molar-refractivity contribution < 1.29 is 23.8 Å². The van der Waals surface area contributed by atoms with Crippen molar-refractivity contribution in [1.29, 1.82) is 0 Å². The van der Waals surface area contributed by atoms with Crippen molar-refractivity contribution in [2.75, 3.05) is 14.2 Å². The summed E-state index contributed by atoms with van der Waals surface area (Å²) in [4.78, 5) is 23.4. The van der Waals surface area contributed by atoms with Crippen LogP contribution in [0.25, 0.3) is 11.0 Å². The predicted molar refractivity (Wildman–Crippen MR) is 104 cm³/mol. The highest BCUT2D eigenvalue weighted by atomic mass is 16.6. The number of benzene rings is 2. The number of nitrogens with one attached hydrogen (secondary N) is 1. The second kappa shape index (κ2) is 8.83. The van der Waals surface area contributed by atoms with Gasteiger partial charge in [-0.3, -0.25) is 9.59 Å². The number of carbonyl (C=O) groups excluding carboxylic acids is 2. The summed E-state index contributed by atoms with van der Waals surface area (Å²) in [7, 11) is 2.91. The first-order valence-electron chi connectivity index (χ1n) is 8.56. The summed E-state index contributed by atoms with van der Waals surface area (Å²) in [6.45, 7) is 1.25. The third-order valence-corrected chi connectivity index (χ3v) is 3.88. The maximum absolute atomic E-state index is 12.2. The average Bonchev–Trinajstić information content (AvgIpc) is 3.11. The van der Waals surface area contributed by atoms with Gasteiger partial charge in [-0.15, -0.1) is 5.10 Å². The number of nitrogens with zero attached hydrogens (tertiary/aromatic N) is 4. The summed E-state index contributed by atoms with van der Waals surface area (Å²) in [6, 6.07) is 10.4. The number of hydrazone groups is 1. The molecule has 2 aromatic carbocycles. The lowest BCUT2D eigenvalue weighted by Crippen LogP contribution is -2.23. The zero-order valence-corrected chi connectivity index (χ0v) is 16.1. The number of para-hydroxylation sites is 1. The van der Waals surface area contributed by atoms with Gasteiger partial charge in [-0.2, -0.15) is 5.10 Å². The molecule has 29 heavy (non-hydrogen) atoms. The van der Waals surface area contributed by atoms with Crippen LogP contribution in [0.5, 0.6) is 17.2 Å². The van der Waals surface area contributed by atoms with E-state index < -0.39 is 5.97 Å². The number of ether oxygens (including phenoxy) is 3. The number of aromatic nitrogens is 3. The zero-order valence-electron chi connectivity index (χ0n) is 16.1. The first-order valence-corrected chi connectivity index (χ1v) is 8.56. The predicted octanol–water partition coefficient (Wildman–Crippen LogP) is 1.52. The molecule has 150 valence electrons. The highest BCUT2D eigenvalue weighted by Gasteiger charge is 2.13. The maximum atomic E-state index is 12.2. The molecule has 3 rings (SSSR count). The molecule has 0 radical (unpaired) electrons. The van der Waals surface area contributed by atoms with Gasteiger partial charge in [0.1, 0.15) is 17.8 Å². The van der Waals surface area contributed by atoms with Crippen molar-refractivity contribution in [3.05, 3.63) is 42.0 Å². The zero-order chi connectivity index (χ0) is 20.8. The largest absolute Gasteiger partial charge is 0.496 e. The average molecular weight is 397 g/mol. The number of fused-ring (bicyclic) bond motifs is 1. The Kier molecular flexibility index (Phi) is 6.03. The van der Waals surface area contributed by atoms with Gasteiger partial charge in [0.25, 0.3) is 5.91 Å². The van der Waals surface area contributed by atoms with E-state index in [2.05, 4.69) is 20.8 Å². The molecular formula is C19H19N5O5. The third kappa shape index (κ3) is 4.67. The normalized spacial score (nSPS) is 10.9. The Morgan fingerprint density at radius 2 is 1.90 bits per heavy atom. The molecule has 10 nitrogen and oxygen atoms in total. The monoisotopic (exact) mass is 397 g/mol. The number of amides is 1. The molecule has 0 aliphatic rings. The summed E-state index contributed by atoms with van der Waals surface area (Å²) in [5.41, 5.74) is 4.40. The number of methoxy groups -OCH3 is 2. The van der Waals surface area contributed by atoms with Gasteiger partial charge in [-0.25, -0.2) is 10.1 Å². The molecule has 3 aromatic rings. The molecule has 0 unspecified atom stereocenters. The molecule has 0 saturated heterocycles. The second-order valence-corrected chi connectivity index (χ2v) is 5.87. The molecular weight excluding hydrogens is 378 g/mol. The van der Waals surface area contributed by atoms with E-state index in [4.69, 9.17) is 14.2 Å². The Bertz CT molecular complexity index is 1080. The van der Waals surface area contributed by atoms with Crippen LogP contribution >= 0.6 is 0 Å². The van der Waals surface area contributed by atoms with Gasteiger partial charge in [0.15, 0.2) is 11.5 Å². The van der Waals surface area contributed by atoms with Gasteiger partial charge in [0, 0.05) is 18.6 Å². The van der Waals surface area contributed by atoms with Gasteiger partial charge in [-0.05, 0) is 18.2 Å². The van der Waals surface area contributed by atoms with Crippen LogP contribution in [-0.2, 0) is 16.1 Å². The van der Waals surface area contributed by atoms with Crippen molar-refractivity contribution >= 4 is 29.1 Å². The van der Waals surface area contributed by atoms with E-state index in [9.17, 15) is 9.59 Å². The topological polar surface area (TPSA) is 117 Å². The van der Waals surface area contributed by atoms with Crippen molar-refractivity contribution in [3.63, 3.8) is 0 Å². The summed E-state index contributed by atoms with van der Waals surface area (Å²) >= 11 is 0. The smallest absolute Gasteiger partial charge is 0.308 e. The summed E-state index contributed by atoms with van der Waals surface area (Å²) in [6.07, 6.45) is 1.40.